The predicted molar refractivity (Wildman–Crippen MR) is 124 cm³/mol. The summed E-state index contributed by atoms with van der Waals surface area (Å²) >= 11 is 0. The van der Waals surface area contributed by atoms with Gasteiger partial charge in [0.05, 0.1) is 13.7 Å². The fourth-order valence-electron chi connectivity index (χ4n) is 4.17. The molecule has 0 amide bonds. The highest BCUT2D eigenvalue weighted by atomic mass is 32.2. The summed E-state index contributed by atoms with van der Waals surface area (Å²) in [6, 6.07) is 18.9. The van der Waals surface area contributed by atoms with Crippen LogP contribution in [0.1, 0.15) is 20.8 Å². The molecule has 0 bridgehead atoms. The summed E-state index contributed by atoms with van der Waals surface area (Å²) in [5.74, 6) is -1.05. The Labute approximate surface area is 203 Å². The minimum Gasteiger partial charge on any atom is -0.467 e. The van der Waals surface area contributed by atoms with Gasteiger partial charge in [-0.1, -0.05) is 81.4 Å². The third-order valence-electron chi connectivity index (χ3n) is 5.82. The van der Waals surface area contributed by atoms with Crippen molar-refractivity contribution in [2.45, 2.75) is 49.6 Å². The molecule has 1 heterocycles. The highest BCUT2D eigenvalue weighted by Crippen LogP contribution is 2.39. The zero-order valence-electron chi connectivity index (χ0n) is 19.6. The molecule has 12 heteroatoms. The van der Waals surface area contributed by atoms with E-state index in [2.05, 4.69) is 8.92 Å². The monoisotopic (exact) mass is 532 g/mol. The van der Waals surface area contributed by atoms with Crippen molar-refractivity contribution < 1.29 is 44.5 Å². The maximum Gasteiger partial charge on any atom is 0.523 e. The van der Waals surface area contributed by atoms with Crippen LogP contribution < -0.4 is 10.4 Å². The van der Waals surface area contributed by atoms with Crippen LogP contribution in [-0.4, -0.2) is 60.2 Å². The lowest BCUT2D eigenvalue weighted by Gasteiger charge is -2.47. The summed E-state index contributed by atoms with van der Waals surface area (Å²) in [4.78, 5) is 12.0. The van der Waals surface area contributed by atoms with Crippen molar-refractivity contribution in [1.29, 1.82) is 0 Å². The molecule has 2 aromatic rings. The standard InChI is InChI=1S/C23H27F3O7SSi/c1-22(2,3)35(16-11-7-5-8-12-16,17-13-9-6-10-14-17)31-15-18-19(20(32-18)21(27)30-4)33-34(28,29)23(24,25)26/h5-14,18-20H,15H2,1-4H3/t18-,19+,20+/m1/s1. The van der Waals surface area contributed by atoms with E-state index in [4.69, 9.17) is 9.16 Å². The van der Waals surface area contributed by atoms with Crippen molar-refractivity contribution in [3.8, 4) is 0 Å². The molecule has 7 nitrogen and oxygen atoms in total. The smallest absolute Gasteiger partial charge is 0.467 e. The average Bonchev–Trinajstić information content (AvgIpc) is 2.78. The Hall–Kier alpha value is -2.25. The van der Waals surface area contributed by atoms with Crippen molar-refractivity contribution >= 4 is 34.8 Å². The molecule has 1 aliphatic heterocycles. The first-order chi connectivity index (χ1) is 16.2. The van der Waals surface area contributed by atoms with Gasteiger partial charge in [0.2, 0.25) is 0 Å². The average molecular weight is 533 g/mol. The summed E-state index contributed by atoms with van der Waals surface area (Å²) in [5, 5.41) is 1.36. The molecule has 0 radical (unpaired) electrons. The molecule has 1 fully saturated rings. The van der Waals surface area contributed by atoms with E-state index < -0.39 is 53.3 Å². The Bertz CT molecular complexity index is 1080. The first kappa shape index (κ1) is 27.3. The maximum atomic E-state index is 13.0. The summed E-state index contributed by atoms with van der Waals surface area (Å²) in [6.45, 7) is 5.69. The molecule has 0 aromatic heterocycles. The van der Waals surface area contributed by atoms with Gasteiger partial charge < -0.3 is 13.9 Å². The second-order valence-corrected chi connectivity index (χ2v) is 14.9. The van der Waals surface area contributed by atoms with Gasteiger partial charge >= 0.3 is 21.6 Å². The summed E-state index contributed by atoms with van der Waals surface area (Å²) < 4.78 is 83.2. The van der Waals surface area contributed by atoms with Crippen LogP contribution in [0.3, 0.4) is 0 Å². The first-order valence-corrected chi connectivity index (χ1v) is 14.0. The largest absolute Gasteiger partial charge is 0.523 e. The molecule has 0 aliphatic carbocycles. The molecule has 35 heavy (non-hydrogen) atoms. The molecule has 0 unspecified atom stereocenters. The zero-order valence-corrected chi connectivity index (χ0v) is 21.4. The lowest BCUT2D eigenvalue weighted by molar-refractivity contribution is -0.231. The van der Waals surface area contributed by atoms with E-state index in [9.17, 15) is 26.4 Å². The number of esters is 1. The molecule has 2 aromatic carbocycles. The van der Waals surface area contributed by atoms with Gasteiger partial charge in [-0.3, -0.25) is 4.18 Å². The predicted octanol–water partition coefficient (Wildman–Crippen LogP) is 2.74. The van der Waals surface area contributed by atoms with Gasteiger partial charge in [-0.15, -0.1) is 0 Å². The molecule has 1 aliphatic rings. The number of benzene rings is 2. The van der Waals surface area contributed by atoms with Crippen LogP contribution in [0.15, 0.2) is 60.7 Å². The molecule has 0 N–H and O–H groups in total. The number of carbonyl (C=O) groups is 1. The number of methoxy groups -OCH3 is 1. The van der Waals surface area contributed by atoms with Crippen LogP contribution >= 0.6 is 0 Å². The van der Waals surface area contributed by atoms with Gasteiger partial charge in [0, 0.05) is 0 Å². The molecule has 0 spiro atoms. The number of ether oxygens (including phenoxy) is 2. The fraction of sp³-hybridized carbons (Fsp3) is 0.435. The number of halogens is 3. The normalized spacial score (nSPS) is 21.3. The summed E-state index contributed by atoms with van der Waals surface area (Å²) in [6.07, 6.45) is -4.64. The number of rotatable bonds is 8. The van der Waals surface area contributed by atoms with Gasteiger partial charge in [-0.2, -0.15) is 21.6 Å². The Morgan fingerprint density at radius 1 is 0.971 bits per heavy atom. The van der Waals surface area contributed by atoms with Crippen molar-refractivity contribution in [2.75, 3.05) is 13.7 Å². The van der Waals surface area contributed by atoms with E-state index in [-0.39, 0.29) is 6.61 Å². The van der Waals surface area contributed by atoms with E-state index in [1.807, 2.05) is 81.4 Å². The Kier molecular flexibility index (Phi) is 7.82. The molecule has 3 atom stereocenters. The van der Waals surface area contributed by atoms with Crippen LogP contribution in [0.5, 0.6) is 0 Å². The number of hydrogen-bond acceptors (Lipinski definition) is 7. The highest BCUT2D eigenvalue weighted by Gasteiger charge is 2.58. The van der Waals surface area contributed by atoms with E-state index in [0.717, 1.165) is 17.5 Å². The molecule has 1 saturated heterocycles. The van der Waals surface area contributed by atoms with Crippen molar-refractivity contribution in [1.82, 2.24) is 0 Å². The second-order valence-electron chi connectivity index (χ2n) is 9.05. The third kappa shape index (κ3) is 5.31. The van der Waals surface area contributed by atoms with Gasteiger partial charge in [0.25, 0.3) is 8.32 Å². The fourth-order valence-corrected chi connectivity index (χ4v) is 9.37. The molecule has 3 rings (SSSR count). The molecule has 0 saturated carbocycles. The van der Waals surface area contributed by atoms with Crippen LogP contribution in [0.2, 0.25) is 5.04 Å². The lowest BCUT2D eigenvalue weighted by Crippen LogP contribution is -2.69. The summed E-state index contributed by atoms with van der Waals surface area (Å²) in [7, 11) is -8.08. The summed E-state index contributed by atoms with van der Waals surface area (Å²) in [5.41, 5.74) is -5.66. The minimum absolute atomic E-state index is 0.307. The van der Waals surface area contributed by atoms with E-state index in [0.29, 0.717) is 0 Å². The van der Waals surface area contributed by atoms with Crippen LogP contribution in [-0.2, 0) is 33.0 Å². The van der Waals surface area contributed by atoms with Crippen molar-refractivity contribution in [2.24, 2.45) is 0 Å². The Morgan fingerprint density at radius 3 is 1.86 bits per heavy atom. The topological polar surface area (TPSA) is 88.1 Å². The van der Waals surface area contributed by atoms with Gasteiger partial charge in [0.15, 0.2) is 6.10 Å². The van der Waals surface area contributed by atoms with Crippen LogP contribution in [0.25, 0.3) is 0 Å². The first-order valence-electron chi connectivity index (χ1n) is 10.7. The van der Waals surface area contributed by atoms with Gasteiger partial charge in [0.1, 0.15) is 12.2 Å². The maximum absolute atomic E-state index is 13.0. The highest BCUT2D eigenvalue weighted by molar-refractivity contribution is 7.87. The number of carbonyl (C=O) groups excluding carboxylic acids is 1. The second kappa shape index (κ2) is 10.0. The van der Waals surface area contributed by atoms with E-state index in [1.165, 1.54) is 0 Å². The number of alkyl halides is 3. The molecular weight excluding hydrogens is 505 g/mol. The SMILES string of the molecule is COC(=O)[C@H]1O[C@H](CO[Si](c2ccccc2)(c2ccccc2)C(C)(C)C)[C@@H]1OS(=O)(=O)C(F)(F)F. The molecule has 192 valence electrons. The van der Waals surface area contributed by atoms with E-state index in [1.54, 1.807) is 0 Å². The van der Waals surface area contributed by atoms with E-state index >= 15 is 0 Å². The lowest BCUT2D eigenvalue weighted by atomic mass is 10.0. The van der Waals surface area contributed by atoms with Crippen molar-refractivity contribution in [3.05, 3.63) is 60.7 Å². The van der Waals surface area contributed by atoms with Crippen LogP contribution in [0, 0.1) is 0 Å². The molecular formula is C23H27F3O7SSi. The van der Waals surface area contributed by atoms with Gasteiger partial charge in [-0.25, -0.2) is 4.79 Å². The quantitative estimate of drug-likeness (QED) is 0.224. The zero-order chi connectivity index (χ0) is 26.1. The van der Waals surface area contributed by atoms with Crippen molar-refractivity contribution in [3.63, 3.8) is 0 Å². The minimum atomic E-state index is -5.98. The Morgan fingerprint density at radius 2 is 1.46 bits per heavy atom. The third-order valence-corrected chi connectivity index (χ3v) is 11.9. The van der Waals surface area contributed by atoms with Crippen LogP contribution in [0.4, 0.5) is 13.2 Å². The van der Waals surface area contributed by atoms with Gasteiger partial charge in [-0.05, 0) is 15.4 Å². The number of hydrogen-bond donors (Lipinski definition) is 0. The Balaban J connectivity index is 1.98.